The van der Waals surface area contributed by atoms with Crippen molar-refractivity contribution in [2.75, 3.05) is 39.4 Å². The van der Waals surface area contributed by atoms with Crippen molar-refractivity contribution in [1.29, 1.82) is 0 Å². The predicted octanol–water partition coefficient (Wildman–Crippen LogP) is 2.37. The molecule has 4 unspecified atom stereocenters. The van der Waals surface area contributed by atoms with Crippen LogP contribution in [0.5, 0.6) is 0 Å². The Morgan fingerprint density at radius 3 is 2.79 bits per heavy atom. The fourth-order valence-electron chi connectivity index (χ4n) is 3.99. The van der Waals surface area contributed by atoms with Gasteiger partial charge >= 0.3 is 0 Å². The lowest BCUT2D eigenvalue weighted by Crippen LogP contribution is -2.49. The van der Waals surface area contributed by atoms with Gasteiger partial charge in [-0.05, 0) is 43.6 Å². The molecule has 3 nitrogen and oxygen atoms in total. The quantitative estimate of drug-likeness (QED) is 0.847. The van der Waals surface area contributed by atoms with Crippen LogP contribution >= 0.6 is 0 Å². The van der Waals surface area contributed by atoms with E-state index in [-0.39, 0.29) is 0 Å². The zero-order valence-electron chi connectivity index (χ0n) is 13.0. The summed E-state index contributed by atoms with van der Waals surface area (Å²) in [4.78, 5) is 2.63. The normalized spacial score (nSPS) is 38.1. The number of nitrogens with one attached hydrogen (secondary N) is 1. The van der Waals surface area contributed by atoms with Crippen LogP contribution < -0.4 is 5.32 Å². The number of rotatable bonds is 4. The lowest BCUT2D eigenvalue weighted by Gasteiger charge is -2.42. The van der Waals surface area contributed by atoms with E-state index < -0.39 is 0 Å². The second-order valence-electron chi connectivity index (χ2n) is 6.65. The molecule has 3 heteroatoms. The van der Waals surface area contributed by atoms with Crippen LogP contribution in [0.3, 0.4) is 0 Å². The highest BCUT2D eigenvalue weighted by molar-refractivity contribution is 4.89. The second-order valence-corrected chi connectivity index (χ2v) is 6.65. The maximum absolute atomic E-state index is 5.57. The molecule has 1 aliphatic carbocycles. The van der Waals surface area contributed by atoms with E-state index in [1.165, 1.54) is 32.4 Å². The van der Waals surface area contributed by atoms with Crippen molar-refractivity contribution in [3.63, 3.8) is 0 Å². The van der Waals surface area contributed by atoms with Gasteiger partial charge in [-0.25, -0.2) is 0 Å². The van der Waals surface area contributed by atoms with Crippen LogP contribution in [0.4, 0.5) is 0 Å². The predicted molar refractivity (Wildman–Crippen MR) is 80.4 cm³/mol. The second kappa shape index (κ2) is 7.61. The van der Waals surface area contributed by atoms with Crippen LogP contribution in [0, 0.1) is 17.8 Å². The first kappa shape index (κ1) is 15.3. The maximum atomic E-state index is 5.57. The van der Waals surface area contributed by atoms with E-state index >= 15 is 0 Å². The molecule has 19 heavy (non-hydrogen) atoms. The van der Waals surface area contributed by atoms with Crippen molar-refractivity contribution in [1.82, 2.24) is 10.2 Å². The fraction of sp³-hybridized carbons (Fsp3) is 1.00. The van der Waals surface area contributed by atoms with Crippen LogP contribution in [0.2, 0.25) is 0 Å². The molecule has 1 aliphatic heterocycles. The van der Waals surface area contributed by atoms with E-state index in [0.717, 1.165) is 44.1 Å². The largest absolute Gasteiger partial charge is 0.380 e. The summed E-state index contributed by atoms with van der Waals surface area (Å²) in [6.45, 7) is 13.7. The van der Waals surface area contributed by atoms with Gasteiger partial charge in [0.1, 0.15) is 0 Å². The third-order valence-electron chi connectivity index (χ3n) is 4.93. The number of ether oxygens (including phenoxy) is 1. The molecule has 0 spiro atoms. The minimum absolute atomic E-state index is 0.716. The third-order valence-corrected chi connectivity index (χ3v) is 4.93. The van der Waals surface area contributed by atoms with Gasteiger partial charge in [0.15, 0.2) is 0 Å². The lowest BCUT2D eigenvalue weighted by atomic mass is 9.72. The van der Waals surface area contributed by atoms with Crippen LogP contribution in [-0.4, -0.2) is 50.3 Å². The van der Waals surface area contributed by atoms with E-state index in [4.69, 9.17) is 4.74 Å². The molecule has 1 heterocycles. The van der Waals surface area contributed by atoms with Crippen molar-refractivity contribution in [3.8, 4) is 0 Å². The molecule has 4 atom stereocenters. The average Bonchev–Trinajstić information content (AvgIpc) is 2.62. The Labute approximate surface area is 119 Å². The molecule has 0 bridgehead atoms. The van der Waals surface area contributed by atoms with E-state index in [2.05, 4.69) is 31.0 Å². The molecule has 1 N–H and O–H groups in total. The summed E-state index contributed by atoms with van der Waals surface area (Å²) in [6.07, 6.45) is 3.95. The zero-order valence-corrected chi connectivity index (χ0v) is 13.0. The maximum Gasteiger partial charge on any atom is 0.0593 e. The molecule has 0 amide bonds. The molecule has 0 aromatic heterocycles. The van der Waals surface area contributed by atoms with Gasteiger partial charge in [0.25, 0.3) is 0 Å². The summed E-state index contributed by atoms with van der Waals surface area (Å²) in [5.41, 5.74) is 0. The van der Waals surface area contributed by atoms with Gasteiger partial charge in [-0.3, -0.25) is 0 Å². The zero-order chi connectivity index (χ0) is 13.7. The summed E-state index contributed by atoms with van der Waals surface area (Å²) in [6, 6.07) is 0.716. The lowest BCUT2D eigenvalue weighted by molar-refractivity contribution is 0.0952. The van der Waals surface area contributed by atoms with Crippen molar-refractivity contribution < 1.29 is 4.74 Å². The summed E-state index contributed by atoms with van der Waals surface area (Å²) in [5.74, 6) is 2.54. The highest BCUT2D eigenvalue weighted by Crippen LogP contribution is 2.34. The Balaban J connectivity index is 1.93. The Kier molecular flexibility index (Phi) is 6.11. The standard InChI is InChI=1S/C16H32N2O/c1-4-17-16-11-13(2)10-14(3)15(16)12-18-6-5-8-19-9-7-18/h13-17H,4-12H2,1-3H3. The van der Waals surface area contributed by atoms with Crippen molar-refractivity contribution >= 4 is 0 Å². The minimum atomic E-state index is 0.716. The van der Waals surface area contributed by atoms with Crippen LogP contribution in [0.15, 0.2) is 0 Å². The topological polar surface area (TPSA) is 24.5 Å². The average molecular weight is 268 g/mol. The molecule has 112 valence electrons. The van der Waals surface area contributed by atoms with E-state index in [9.17, 15) is 0 Å². The molecule has 0 radical (unpaired) electrons. The van der Waals surface area contributed by atoms with E-state index in [0.29, 0.717) is 6.04 Å². The molecule has 1 saturated carbocycles. The summed E-state index contributed by atoms with van der Waals surface area (Å²) < 4.78 is 5.57. The van der Waals surface area contributed by atoms with Crippen LogP contribution in [-0.2, 0) is 4.74 Å². The Morgan fingerprint density at radius 2 is 2.00 bits per heavy atom. The first-order chi connectivity index (χ1) is 9.20. The molecule has 2 aliphatic rings. The highest BCUT2D eigenvalue weighted by Gasteiger charge is 2.34. The minimum Gasteiger partial charge on any atom is -0.380 e. The van der Waals surface area contributed by atoms with Gasteiger partial charge in [-0.2, -0.15) is 0 Å². The third kappa shape index (κ3) is 4.44. The first-order valence-electron chi connectivity index (χ1n) is 8.24. The van der Waals surface area contributed by atoms with Crippen LogP contribution in [0.25, 0.3) is 0 Å². The summed E-state index contributed by atoms with van der Waals surface area (Å²) in [7, 11) is 0. The SMILES string of the molecule is CCNC1CC(C)CC(C)C1CN1CCCOCC1. The van der Waals surface area contributed by atoms with Crippen molar-refractivity contribution in [2.45, 2.75) is 46.1 Å². The number of hydrogen-bond donors (Lipinski definition) is 1. The highest BCUT2D eigenvalue weighted by atomic mass is 16.5. The van der Waals surface area contributed by atoms with Gasteiger partial charge < -0.3 is 15.0 Å². The Morgan fingerprint density at radius 1 is 1.16 bits per heavy atom. The van der Waals surface area contributed by atoms with Gasteiger partial charge in [-0.15, -0.1) is 0 Å². The monoisotopic (exact) mass is 268 g/mol. The molecule has 0 aromatic carbocycles. The molecule has 2 rings (SSSR count). The molecule has 0 aromatic rings. The first-order valence-corrected chi connectivity index (χ1v) is 8.24. The fourth-order valence-corrected chi connectivity index (χ4v) is 3.99. The Hall–Kier alpha value is -0.120. The van der Waals surface area contributed by atoms with Crippen LogP contribution in [0.1, 0.15) is 40.0 Å². The molecular weight excluding hydrogens is 236 g/mol. The van der Waals surface area contributed by atoms with Gasteiger partial charge in [0.05, 0.1) is 6.61 Å². The summed E-state index contributed by atoms with van der Waals surface area (Å²) >= 11 is 0. The number of hydrogen-bond acceptors (Lipinski definition) is 3. The van der Waals surface area contributed by atoms with E-state index in [1.807, 2.05) is 0 Å². The van der Waals surface area contributed by atoms with Gasteiger partial charge in [0.2, 0.25) is 0 Å². The van der Waals surface area contributed by atoms with Gasteiger partial charge in [0, 0.05) is 32.3 Å². The van der Waals surface area contributed by atoms with Gasteiger partial charge in [-0.1, -0.05) is 20.8 Å². The smallest absolute Gasteiger partial charge is 0.0593 e. The molecule has 1 saturated heterocycles. The molecule has 2 fully saturated rings. The molecular formula is C16H32N2O. The number of nitrogens with zero attached hydrogens (tertiary/aromatic N) is 1. The van der Waals surface area contributed by atoms with Crippen molar-refractivity contribution in [2.24, 2.45) is 17.8 Å². The van der Waals surface area contributed by atoms with Crippen molar-refractivity contribution in [3.05, 3.63) is 0 Å². The Bertz CT molecular complexity index is 251. The van der Waals surface area contributed by atoms with E-state index in [1.54, 1.807) is 0 Å². The summed E-state index contributed by atoms with van der Waals surface area (Å²) in [5, 5.41) is 3.74.